The maximum Gasteiger partial charge on any atom is 0.227 e. The first-order valence-corrected chi connectivity index (χ1v) is 9.13. The van der Waals surface area contributed by atoms with Gasteiger partial charge in [0.05, 0.1) is 6.42 Å². The van der Waals surface area contributed by atoms with Crippen molar-refractivity contribution in [2.24, 2.45) is 0 Å². The van der Waals surface area contributed by atoms with Crippen LogP contribution in [0.4, 0.5) is 10.2 Å². The number of benzene rings is 1. The average Bonchev–Trinajstić information content (AvgIpc) is 3.12. The molecule has 1 saturated heterocycles. The van der Waals surface area contributed by atoms with Crippen molar-refractivity contribution in [2.75, 3.05) is 31.1 Å². The summed E-state index contributed by atoms with van der Waals surface area (Å²) >= 11 is 0. The summed E-state index contributed by atoms with van der Waals surface area (Å²) < 4.78 is 15.5. The van der Waals surface area contributed by atoms with Crippen molar-refractivity contribution in [3.8, 4) is 0 Å². The average molecular weight is 368 g/mol. The monoisotopic (exact) mass is 368 g/mol. The molecule has 2 aromatic heterocycles. The van der Waals surface area contributed by atoms with Gasteiger partial charge in [-0.1, -0.05) is 25.1 Å². The van der Waals surface area contributed by atoms with Crippen molar-refractivity contribution in [3.63, 3.8) is 0 Å². The summed E-state index contributed by atoms with van der Waals surface area (Å²) in [4.78, 5) is 16.4. The van der Waals surface area contributed by atoms with Crippen molar-refractivity contribution in [1.29, 1.82) is 0 Å². The molecule has 0 radical (unpaired) electrons. The largest absolute Gasteiger partial charge is 0.352 e. The number of nitrogens with zero attached hydrogens (tertiary/aromatic N) is 6. The van der Waals surface area contributed by atoms with E-state index in [-0.39, 0.29) is 18.1 Å². The van der Waals surface area contributed by atoms with Gasteiger partial charge in [-0.15, -0.1) is 15.3 Å². The van der Waals surface area contributed by atoms with Crippen molar-refractivity contribution >= 4 is 17.4 Å². The van der Waals surface area contributed by atoms with E-state index in [1.807, 2.05) is 19.1 Å². The quantitative estimate of drug-likeness (QED) is 0.702. The van der Waals surface area contributed by atoms with Crippen molar-refractivity contribution in [3.05, 3.63) is 53.6 Å². The summed E-state index contributed by atoms with van der Waals surface area (Å²) in [6, 6.07) is 10.3. The van der Waals surface area contributed by atoms with Gasteiger partial charge < -0.3 is 9.80 Å². The Hall–Kier alpha value is -3.03. The maximum absolute atomic E-state index is 13.8. The van der Waals surface area contributed by atoms with Crippen LogP contribution in [0.5, 0.6) is 0 Å². The molecule has 140 valence electrons. The van der Waals surface area contributed by atoms with Gasteiger partial charge in [0.2, 0.25) is 5.91 Å². The molecule has 0 unspecified atom stereocenters. The van der Waals surface area contributed by atoms with Gasteiger partial charge in [0.1, 0.15) is 11.6 Å². The molecule has 1 fully saturated rings. The van der Waals surface area contributed by atoms with Crippen LogP contribution in [-0.4, -0.2) is 56.8 Å². The molecule has 27 heavy (non-hydrogen) atoms. The molecule has 1 aliphatic rings. The number of rotatable bonds is 4. The van der Waals surface area contributed by atoms with Gasteiger partial charge >= 0.3 is 0 Å². The lowest BCUT2D eigenvalue weighted by Crippen LogP contribution is -2.49. The second-order valence-corrected chi connectivity index (χ2v) is 6.57. The summed E-state index contributed by atoms with van der Waals surface area (Å²) in [5.74, 6) is 1.29. The molecular weight excluding hydrogens is 347 g/mol. The smallest absolute Gasteiger partial charge is 0.227 e. The fourth-order valence-electron chi connectivity index (χ4n) is 3.31. The first-order chi connectivity index (χ1) is 13.2. The minimum atomic E-state index is -0.331. The lowest BCUT2D eigenvalue weighted by molar-refractivity contribution is -0.130. The fourth-order valence-corrected chi connectivity index (χ4v) is 3.31. The predicted octanol–water partition coefficient (Wildman–Crippen LogP) is 1.72. The summed E-state index contributed by atoms with van der Waals surface area (Å²) in [5, 5.41) is 12.9. The van der Waals surface area contributed by atoms with E-state index in [4.69, 9.17) is 0 Å². The first-order valence-electron chi connectivity index (χ1n) is 9.13. The number of amides is 1. The molecule has 3 heterocycles. The molecule has 3 aromatic rings. The van der Waals surface area contributed by atoms with Crippen LogP contribution in [0.2, 0.25) is 0 Å². The van der Waals surface area contributed by atoms with Crippen LogP contribution in [0.25, 0.3) is 5.65 Å². The highest BCUT2D eigenvalue weighted by molar-refractivity contribution is 5.79. The zero-order valence-corrected chi connectivity index (χ0v) is 15.2. The Balaban J connectivity index is 1.41. The van der Waals surface area contributed by atoms with Gasteiger partial charge in [-0.25, -0.2) is 4.39 Å². The second-order valence-electron chi connectivity index (χ2n) is 6.57. The molecule has 0 saturated carbocycles. The van der Waals surface area contributed by atoms with E-state index in [9.17, 15) is 9.18 Å². The Labute approximate surface area is 156 Å². The van der Waals surface area contributed by atoms with E-state index in [0.717, 1.165) is 23.7 Å². The number of hydrogen-bond donors (Lipinski definition) is 0. The standard InChI is InChI=1S/C19H21FN6O/c1-2-16-21-22-17-7-8-18(23-26(16)17)24-9-11-25(12-10-24)19(27)13-14-5-3-4-6-15(14)20/h3-8H,2,9-13H2,1H3. The van der Waals surface area contributed by atoms with Crippen LogP contribution in [0.3, 0.4) is 0 Å². The number of carbonyl (C=O) groups is 1. The molecule has 1 aliphatic heterocycles. The number of fused-ring (bicyclic) bond motifs is 1. The van der Waals surface area contributed by atoms with E-state index in [2.05, 4.69) is 20.2 Å². The Morgan fingerprint density at radius 1 is 1.07 bits per heavy atom. The van der Waals surface area contributed by atoms with Crippen LogP contribution < -0.4 is 4.90 Å². The number of piperazine rings is 1. The summed E-state index contributed by atoms with van der Waals surface area (Å²) in [5.41, 5.74) is 1.17. The van der Waals surface area contributed by atoms with Crippen LogP contribution in [-0.2, 0) is 17.6 Å². The van der Waals surface area contributed by atoms with Crippen molar-refractivity contribution in [1.82, 2.24) is 24.7 Å². The molecular formula is C19H21FN6O. The lowest BCUT2D eigenvalue weighted by Gasteiger charge is -2.35. The Morgan fingerprint density at radius 3 is 2.59 bits per heavy atom. The highest BCUT2D eigenvalue weighted by atomic mass is 19.1. The van der Waals surface area contributed by atoms with Crippen LogP contribution in [0.1, 0.15) is 18.3 Å². The third-order valence-electron chi connectivity index (χ3n) is 4.89. The molecule has 8 heteroatoms. The van der Waals surface area contributed by atoms with Gasteiger partial charge in [-0.05, 0) is 23.8 Å². The maximum atomic E-state index is 13.8. The van der Waals surface area contributed by atoms with E-state index in [0.29, 0.717) is 31.7 Å². The molecule has 4 rings (SSSR count). The van der Waals surface area contributed by atoms with Gasteiger partial charge in [0.15, 0.2) is 11.5 Å². The third-order valence-corrected chi connectivity index (χ3v) is 4.89. The Kier molecular flexibility index (Phi) is 4.70. The lowest BCUT2D eigenvalue weighted by atomic mass is 10.1. The molecule has 1 aromatic carbocycles. The van der Waals surface area contributed by atoms with Crippen LogP contribution in [0.15, 0.2) is 36.4 Å². The number of aryl methyl sites for hydroxylation is 1. The molecule has 0 atom stereocenters. The second kappa shape index (κ2) is 7.30. The topological polar surface area (TPSA) is 66.6 Å². The summed E-state index contributed by atoms with van der Waals surface area (Å²) in [6.45, 7) is 4.58. The third kappa shape index (κ3) is 3.47. The zero-order valence-electron chi connectivity index (χ0n) is 15.2. The van der Waals surface area contributed by atoms with Crippen LogP contribution in [0, 0.1) is 5.82 Å². The zero-order chi connectivity index (χ0) is 18.8. The van der Waals surface area contributed by atoms with Crippen molar-refractivity contribution in [2.45, 2.75) is 19.8 Å². The van der Waals surface area contributed by atoms with Gasteiger partial charge in [-0.3, -0.25) is 4.79 Å². The Bertz CT molecular complexity index is 964. The summed E-state index contributed by atoms with van der Waals surface area (Å²) in [7, 11) is 0. The van der Waals surface area contributed by atoms with Gasteiger partial charge in [0.25, 0.3) is 0 Å². The number of carbonyl (C=O) groups excluding carboxylic acids is 1. The minimum Gasteiger partial charge on any atom is -0.352 e. The minimum absolute atomic E-state index is 0.0461. The molecule has 0 spiro atoms. The van der Waals surface area contributed by atoms with E-state index >= 15 is 0 Å². The van der Waals surface area contributed by atoms with E-state index in [1.165, 1.54) is 6.07 Å². The number of halogens is 1. The highest BCUT2D eigenvalue weighted by Crippen LogP contribution is 2.16. The van der Waals surface area contributed by atoms with Gasteiger partial charge in [0, 0.05) is 32.6 Å². The number of aromatic nitrogens is 4. The van der Waals surface area contributed by atoms with Crippen molar-refractivity contribution < 1.29 is 9.18 Å². The normalized spacial score (nSPS) is 14.7. The molecule has 0 N–H and O–H groups in total. The van der Waals surface area contributed by atoms with Crippen LogP contribution >= 0.6 is 0 Å². The SMILES string of the molecule is CCc1nnc2ccc(N3CCN(C(=O)Cc4ccccc4F)CC3)nn12. The molecule has 7 nitrogen and oxygen atoms in total. The van der Waals surface area contributed by atoms with E-state index < -0.39 is 0 Å². The van der Waals surface area contributed by atoms with Gasteiger partial charge in [-0.2, -0.15) is 4.52 Å². The fraction of sp³-hybridized carbons (Fsp3) is 0.368. The Morgan fingerprint density at radius 2 is 1.85 bits per heavy atom. The summed E-state index contributed by atoms with van der Waals surface area (Å²) in [6.07, 6.45) is 0.855. The first kappa shape index (κ1) is 17.4. The number of hydrogen-bond acceptors (Lipinski definition) is 5. The molecule has 0 aliphatic carbocycles. The number of anilines is 1. The molecule has 1 amide bonds. The highest BCUT2D eigenvalue weighted by Gasteiger charge is 2.23. The molecule has 0 bridgehead atoms. The van der Waals surface area contributed by atoms with E-state index in [1.54, 1.807) is 27.6 Å². The predicted molar refractivity (Wildman–Crippen MR) is 99.1 cm³/mol.